The monoisotopic (exact) mass is 321 g/mol. The molecule has 0 radical (unpaired) electrons. The molecule has 1 unspecified atom stereocenters. The summed E-state index contributed by atoms with van der Waals surface area (Å²) in [5, 5.41) is 11.5. The van der Waals surface area contributed by atoms with E-state index in [2.05, 4.69) is 29.2 Å². The van der Waals surface area contributed by atoms with E-state index in [-0.39, 0.29) is 0 Å². The average Bonchev–Trinajstić information content (AvgIpc) is 2.90. The minimum absolute atomic E-state index is 0.564. The standard InChI is InChI=1S/C17H17Cl2NO/c18-13-5-6-15(19)14(11-13)17(21)8-10-20-9-7-12-3-1-2-4-16(12)20/h1-6,11,17,21H,7-10H2. The van der Waals surface area contributed by atoms with Gasteiger partial charge in [-0.15, -0.1) is 0 Å². The zero-order valence-electron chi connectivity index (χ0n) is 11.6. The highest BCUT2D eigenvalue weighted by Gasteiger charge is 2.20. The molecule has 0 aromatic heterocycles. The van der Waals surface area contributed by atoms with Gasteiger partial charge in [0.05, 0.1) is 6.10 Å². The average molecular weight is 322 g/mol. The molecule has 1 aliphatic heterocycles. The maximum Gasteiger partial charge on any atom is 0.0821 e. The molecule has 2 nitrogen and oxygen atoms in total. The number of anilines is 1. The highest BCUT2D eigenvalue weighted by Crippen LogP contribution is 2.31. The second-order valence-corrected chi connectivity index (χ2v) is 6.18. The molecule has 2 aromatic carbocycles. The molecule has 0 saturated carbocycles. The Hall–Kier alpha value is -1.22. The van der Waals surface area contributed by atoms with Gasteiger partial charge < -0.3 is 10.0 Å². The fraction of sp³-hybridized carbons (Fsp3) is 0.294. The Labute approximate surface area is 134 Å². The number of nitrogens with zero attached hydrogens (tertiary/aromatic N) is 1. The summed E-state index contributed by atoms with van der Waals surface area (Å²) in [5.74, 6) is 0. The third-order valence-corrected chi connectivity index (χ3v) is 4.55. The van der Waals surface area contributed by atoms with Crippen molar-refractivity contribution < 1.29 is 5.11 Å². The predicted octanol–water partition coefficient (Wildman–Crippen LogP) is 4.48. The van der Waals surface area contributed by atoms with Crippen LogP contribution in [-0.2, 0) is 6.42 Å². The summed E-state index contributed by atoms with van der Waals surface area (Å²) in [6.07, 6.45) is 1.11. The molecule has 1 aliphatic rings. The Bertz CT molecular complexity index is 644. The first-order valence-electron chi connectivity index (χ1n) is 7.11. The smallest absolute Gasteiger partial charge is 0.0821 e. The Balaban J connectivity index is 1.67. The number of benzene rings is 2. The van der Waals surface area contributed by atoms with E-state index < -0.39 is 6.10 Å². The summed E-state index contributed by atoms with van der Waals surface area (Å²) in [7, 11) is 0. The lowest BCUT2D eigenvalue weighted by atomic mass is 10.1. The maximum absolute atomic E-state index is 10.4. The molecule has 0 spiro atoms. The zero-order valence-corrected chi connectivity index (χ0v) is 13.1. The van der Waals surface area contributed by atoms with Crippen LogP contribution in [0.4, 0.5) is 5.69 Å². The summed E-state index contributed by atoms with van der Waals surface area (Å²) >= 11 is 12.1. The molecule has 110 valence electrons. The first-order chi connectivity index (χ1) is 10.1. The Morgan fingerprint density at radius 2 is 1.95 bits per heavy atom. The van der Waals surface area contributed by atoms with E-state index in [1.165, 1.54) is 11.3 Å². The summed E-state index contributed by atoms with van der Waals surface area (Å²) < 4.78 is 0. The van der Waals surface area contributed by atoms with Gasteiger partial charge in [-0.2, -0.15) is 0 Å². The quantitative estimate of drug-likeness (QED) is 0.897. The molecule has 2 aromatic rings. The van der Waals surface area contributed by atoms with Gasteiger partial charge in [0.15, 0.2) is 0 Å². The van der Waals surface area contributed by atoms with Crippen LogP contribution < -0.4 is 4.90 Å². The maximum atomic E-state index is 10.4. The molecule has 0 amide bonds. The number of rotatable bonds is 4. The van der Waals surface area contributed by atoms with Gasteiger partial charge in [-0.05, 0) is 42.7 Å². The molecule has 21 heavy (non-hydrogen) atoms. The van der Waals surface area contributed by atoms with E-state index in [9.17, 15) is 5.11 Å². The normalized spacial score (nSPS) is 15.1. The van der Waals surface area contributed by atoms with Gasteiger partial charge in [-0.1, -0.05) is 41.4 Å². The van der Waals surface area contributed by atoms with Crippen LogP contribution in [0.15, 0.2) is 42.5 Å². The molecule has 0 saturated heterocycles. The van der Waals surface area contributed by atoms with Gasteiger partial charge in [0.2, 0.25) is 0 Å². The van der Waals surface area contributed by atoms with Crippen molar-refractivity contribution in [2.45, 2.75) is 18.9 Å². The predicted molar refractivity (Wildman–Crippen MR) is 88.4 cm³/mol. The third kappa shape index (κ3) is 3.18. The highest BCUT2D eigenvalue weighted by atomic mass is 35.5. The fourth-order valence-corrected chi connectivity index (χ4v) is 3.27. The lowest BCUT2D eigenvalue weighted by Gasteiger charge is -2.21. The lowest BCUT2D eigenvalue weighted by Crippen LogP contribution is -2.23. The van der Waals surface area contributed by atoms with E-state index in [4.69, 9.17) is 23.2 Å². The topological polar surface area (TPSA) is 23.5 Å². The lowest BCUT2D eigenvalue weighted by molar-refractivity contribution is 0.169. The zero-order chi connectivity index (χ0) is 14.8. The summed E-state index contributed by atoms with van der Waals surface area (Å²) in [6.45, 7) is 1.82. The van der Waals surface area contributed by atoms with E-state index in [1.54, 1.807) is 18.2 Å². The van der Waals surface area contributed by atoms with Crippen LogP contribution in [0.3, 0.4) is 0 Å². The molecule has 1 N–H and O–H groups in total. The van der Waals surface area contributed by atoms with E-state index in [0.717, 1.165) is 19.5 Å². The first-order valence-corrected chi connectivity index (χ1v) is 7.86. The second kappa shape index (κ2) is 6.27. The van der Waals surface area contributed by atoms with Crippen molar-refractivity contribution in [2.24, 2.45) is 0 Å². The molecule has 0 fully saturated rings. The molecule has 3 rings (SSSR count). The molecular weight excluding hydrogens is 305 g/mol. The van der Waals surface area contributed by atoms with Crippen LogP contribution in [0.1, 0.15) is 23.7 Å². The number of hydrogen-bond acceptors (Lipinski definition) is 2. The number of para-hydroxylation sites is 1. The van der Waals surface area contributed by atoms with Crippen LogP contribution in [0, 0.1) is 0 Å². The Kier molecular flexibility index (Phi) is 4.39. The Morgan fingerprint density at radius 3 is 2.81 bits per heavy atom. The minimum atomic E-state index is -0.594. The van der Waals surface area contributed by atoms with Crippen LogP contribution in [0.25, 0.3) is 0 Å². The molecule has 1 atom stereocenters. The molecular formula is C17H17Cl2NO. The van der Waals surface area contributed by atoms with E-state index in [0.29, 0.717) is 22.0 Å². The van der Waals surface area contributed by atoms with E-state index >= 15 is 0 Å². The van der Waals surface area contributed by atoms with Crippen molar-refractivity contribution in [2.75, 3.05) is 18.0 Å². The second-order valence-electron chi connectivity index (χ2n) is 5.34. The number of halogens is 2. The van der Waals surface area contributed by atoms with Crippen molar-refractivity contribution >= 4 is 28.9 Å². The van der Waals surface area contributed by atoms with Crippen molar-refractivity contribution in [3.63, 3.8) is 0 Å². The number of aliphatic hydroxyl groups excluding tert-OH is 1. The van der Waals surface area contributed by atoms with Crippen molar-refractivity contribution in [3.8, 4) is 0 Å². The van der Waals surface area contributed by atoms with Crippen molar-refractivity contribution in [1.82, 2.24) is 0 Å². The van der Waals surface area contributed by atoms with Gasteiger partial charge in [-0.3, -0.25) is 0 Å². The minimum Gasteiger partial charge on any atom is -0.388 e. The largest absolute Gasteiger partial charge is 0.388 e. The van der Waals surface area contributed by atoms with Crippen LogP contribution in [-0.4, -0.2) is 18.2 Å². The summed E-state index contributed by atoms with van der Waals surface area (Å²) in [5.41, 5.74) is 3.37. The van der Waals surface area contributed by atoms with Gasteiger partial charge in [0.1, 0.15) is 0 Å². The fourth-order valence-electron chi connectivity index (χ4n) is 2.84. The SMILES string of the molecule is OC(CCN1CCc2ccccc21)c1cc(Cl)ccc1Cl. The van der Waals surface area contributed by atoms with Gasteiger partial charge >= 0.3 is 0 Å². The molecule has 0 bridgehead atoms. The van der Waals surface area contributed by atoms with Crippen LogP contribution in [0.5, 0.6) is 0 Å². The number of aliphatic hydroxyl groups is 1. The third-order valence-electron chi connectivity index (χ3n) is 3.97. The van der Waals surface area contributed by atoms with Crippen molar-refractivity contribution in [1.29, 1.82) is 0 Å². The van der Waals surface area contributed by atoms with Gasteiger partial charge in [0.25, 0.3) is 0 Å². The summed E-state index contributed by atoms with van der Waals surface area (Å²) in [4.78, 5) is 2.32. The van der Waals surface area contributed by atoms with Crippen molar-refractivity contribution in [3.05, 3.63) is 63.6 Å². The first kappa shape index (κ1) is 14.7. The molecule has 1 heterocycles. The van der Waals surface area contributed by atoms with E-state index in [1.807, 2.05) is 0 Å². The Morgan fingerprint density at radius 1 is 1.14 bits per heavy atom. The molecule has 0 aliphatic carbocycles. The number of hydrogen-bond donors (Lipinski definition) is 1. The van der Waals surface area contributed by atoms with Crippen LogP contribution in [0.2, 0.25) is 10.0 Å². The molecule has 4 heteroatoms. The van der Waals surface area contributed by atoms with Gasteiger partial charge in [0, 0.05) is 34.4 Å². The number of fused-ring (bicyclic) bond motifs is 1. The summed E-state index contributed by atoms with van der Waals surface area (Å²) in [6, 6.07) is 13.6. The van der Waals surface area contributed by atoms with Gasteiger partial charge in [-0.25, -0.2) is 0 Å². The highest BCUT2D eigenvalue weighted by molar-refractivity contribution is 6.33. The van der Waals surface area contributed by atoms with Crippen LogP contribution >= 0.6 is 23.2 Å².